The lowest BCUT2D eigenvalue weighted by Gasteiger charge is -2.16. The van der Waals surface area contributed by atoms with Crippen molar-refractivity contribution in [2.75, 3.05) is 27.7 Å². The quantitative estimate of drug-likeness (QED) is 0.450. The summed E-state index contributed by atoms with van der Waals surface area (Å²) in [6, 6.07) is 6.61. The Balaban J connectivity index is 2.33. The Morgan fingerprint density at radius 3 is 2.67 bits per heavy atom. The summed E-state index contributed by atoms with van der Waals surface area (Å²) in [6.07, 6.45) is 0.814. The normalized spacial score (nSPS) is 12.2. The fraction of sp³-hybridized carbons (Fsp3) is 0.444. The van der Waals surface area contributed by atoms with Gasteiger partial charge < -0.3 is 10.2 Å². The van der Waals surface area contributed by atoms with Crippen molar-refractivity contribution in [1.82, 2.24) is 20.2 Å². The van der Waals surface area contributed by atoms with Crippen molar-refractivity contribution in [2.24, 2.45) is 0 Å². The van der Waals surface area contributed by atoms with Crippen molar-refractivity contribution in [3.8, 4) is 0 Å². The minimum atomic E-state index is -0.582. The minimum Gasteiger partial charge on any atom is -0.341 e. The topological polar surface area (TPSA) is 97.5 Å². The second-order valence-electron chi connectivity index (χ2n) is 6.51. The SMILES string of the molecule is CNC(=O)NC(=O)[C@H](C)Sc1nc2ccccc2c(=O)n1CCC[NH+](C)C. The second kappa shape index (κ2) is 9.52. The summed E-state index contributed by atoms with van der Waals surface area (Å²) in [6.45, 7) is 3.11. The van der Waals surface area contributed by atoms with Gasteiger partial charge in [0.2, 0.25) is 5.91 Å². The van der Waals surface area contributed by atoms with E-state index in [0.29, 0.717) is 22.6 Å². The zero-order chi connectivity index (χ0) is 20.0. The van der Waals surface area contributed by atoms with Gasteiger partial charge in [-0.1, -0.05) is 23.9 Å². The van der Waals surface area contributed by atoms with Gasteiger partial charge in [-0.2, -0.15) is 0 Å². The predicted octanol–water partition coefficient (Wildman–Crippen LogP) is -0.133. The van der Waals surface area contributed by atoms with Crippen LogP contribution in [-0.4, -0.2) is 54.4 Å². The number of imide groups is 1. The van der Waals surface area contributed by atoms with Crippen LogP contribution >= 0.6 is 11.8 Å². The van der Waals surface area contributed by atoms with Crippen LogP contribution in [0.2, 0.25) is 0 Å². The molecular formula is C18H26N5O3S+. The van der Waals surface area contributed by atoms with Crippen LogP contribution < -0.4 is 21.1 Å². The number of quaternary nitrogens is 1. The maximum absolute atomic E-state index is 12.9. The number of para-hydroxylation sites is 1. The molecule has 3 amide bonds. The molecule has 0 saturated carbocycles. The van der Waals surface area contributed by atoms with E-state index in [0.717, 1.165) is 13.0 Å². The molecule has 8 nitrogen and oxygen atoms in total. The third-order valence-electron chi connectivity index (χ3n) is 4.00. The number of aromatic nitrogens is 2. The number of nitrogens with zero attached hydrogens (tertiary/aromatic N) is 2. The molecule has 0 aliphatic heterocycles. The summed E-state index contributed by atoms with van der Waals surface area (Å²) >= 11 is 1.17. The molecule has 0 fully saturated rings. The van der Waals surface area contributed by atoms with Crippen molar-refractivity contribution in [3.63, 3.8) is 0 Å². The van der Waals surface area contributed by atoms with Crippen LogP contribution in [0.4, 0.5) is 4.79 Å². The van der Waals surface area contributed by atoms with Crippen molar-refractivity contribution in [3.05, 3.63) is 34.6 Å². The molecule has 0 aliphatic rings. The minimum absolute atomic E-state index is 0.115. The van der Waals surface area contributed by atoms with Gasteiger partial charge in [0.05, 0.1) is 36.8 Å². The zero-order valence-electron chi connectivity index (χ0n) is 16.0. The third kappa shape index (κ3) is 5.54. The van der Waals surface area contributed by atoms with Gasteiger partial charge in [-0.3, -0.25) is 19.5 Å². The summed E-state index contributed by atoms with van der Waals surface area (Å²) < 4.78 is 1.62. The van der Waals surface area contributed by atoms with Crippen LogP contribution in [-0.2, 0) is 11.3 Å². The zero-order valence-corrected chi connectivity index (χ0v) is 16.9. The number of carbonyl (C=O) groups excluding carboxylic acids is 2. The average molecular weight is 393 g/mol. The molecule has 27 heavy (non-hydrogen) atoms. The molecule has 146 valence electrons. The van der Waals surface area contributed by atoms with Crippen LogP contribution in [0.3, 0.4) is 0 Å². The van der Waals surface area contributed by atoms with Gasteiger partial charge in [-0.25, -0.2) is 9.78 Å². The highest BCUT2D eigenvalue weighted by molar-refractivity contribution is 8.00. The van der Waals surface area contributed by atoms with Crippen LogP contribution in [0, 0.1) is 0 Å². The first kappa shape index (κ1) is 20.9. The molecule has 2 rings (SSSR count). The lowest BCUT2D eigenvalue weighted by molar-refractivity contribution is -0.858. The Morgan fingerprint density at radius 1 is 1.30 bits per heavy atom. The molecule has 0 unspecified atom stereocenters. The Kier molecular flexibility index (Phi) is 7.37. The molecule has 1 aromatic carbocycles. The molecule has 0 aliphatic carbocycles. The first-order chi connectivity index (χ1) is 12.8. The molecule has 0 bridgehead atoms. The number of benzene rings is 1. The fourth-order valence-electron chi connectivity index (χ4n) is 2.51. The first-order valence-corrected chi connectivity index (χ1v) is 9.69. The summed E-state index contributed by atoms with van der Waals surface area (Å²) in [5.74, 6) is -0.439. The molecule has 1 aromatic heterocycles. The van der Waals surface area contributed by atoms with Gasteiger partial charge >= 0.3 is 6.03 Å². The molecule has 2 aromatic rings. The van der Waals surface area contributed by atoms with Crippen LogP contribution in [0.1, 0.15) is 13.3 Å². The van der Waals surface area contributed by atoms with Crippen molar-refractivity contribution < 1.29 is 14.5 Å². The second-order valence-corrected chi connectivity index (χ2v) is 7.82. The molecule has 1 heterocycles. The Bertz CT molecular complexity index is 881. The van der Waals surface area contributed by atoms with E-state index in [1.54, 1.807) is 23.6 Å². The highest BCUT2D eigenvalue weighted by Gasteiger charge is 2.20. The predicted molar refractivity (Wildman–Crippen MR) is 106 cm³/mol. The first-order valence-electron chi connectivity index (χ1n) is 8.81. The Morgan fingerprint density at radius 2 is 2.00 bits per heavy atom. The number of fused-ring (bicyclic) bond motifs is 1. The number of thioether (sulfide) groups is 1. The van der Waals surface area contributed by atoms with Gasteiger partial charge in [0, 0.05) is 20.0 Å². The number of nitrogens with one attached hydrogen (secondary N) is 3. The molecule has 1 atom stereocenters. The molecule has 0 saturated heterocycles. The number of carbonyl (C=O) groups is 2. The number of rotatable bonds is 7. The van der Waals surface area contributed by atoms with Crippen LogP contribution in [0.15, 0.2) is 34.2 Å². The van der Waals surface area contributed by atoms with Gasteiger partial charge in [-0.15, -0.1) is 0 Å². The summed E-state index contributed by atoms with van der Waals surface area (Å²) in [7, 11) is 5.56. The number of urea groups is 1. The number of amides is 3. The van der Waals surface area contributed by atoms with E-state index < -0.39 is 17.2 Å². The molecule has 0 radical (unpaired) electrons. The smallest absolute Gasteiger partial charge is 0.321 e. The van der Waals surface area contributed by atoms with Crippen LogP contribution in [0.25, 0.3) is 10.9 Å². The molecule has 0 spiro atoms. The van der Waals surface area contributed by atoms with E-state index in [1.807, 2.05) is 12.1 Å². The summed E-state index contributed by atoms with van der Waals surface area (Å²) in [5, 5.41) is 5.05. The molecular weight excluding hydrogens is 366 g/mol. The lowest BCUT2D eigenvalue weighted by atomic mass is 10.2. The standard InChI is InChI=1S/C18H25N5O3S/c1-12(15(24)21-17(26)19-2)27-18-20-14-9-6-5-8-13(14)16(25)23(18)11-7-10-22(3)4/h5-6,8-9,12H,7,10-11H2,1-4H3,(H2,19,21,24,26)/p+1/t12-/m0/s1. The van der Waals surface area contributed by atoms with E-state index in [9.17, 15) is 14.4 Å². The van der Waals surface area contributed by atoms with Crippen molar-refractivity contribution in [1.29, 1.82) is 0 Å². The number of hydrogen-bond donors (Lipinski definition) is 3. The number of hydrogen-bond acceptors (Lipinski definition) is 5. The fourth-order valence-corrected chi connectivity index (χ4v) is 3.45. The average Bonchev–Trinajstić information content (AvgIpc) is 2.63. The highest BCUT2D eigenvalue weighted by atomic mass is 32.2. The maximum atomic E-state index is 12.9. The van der Waals surface area contributed by atoms with E-state index in [-0.39, 0.29) is 5.56 Å². The van der Waals surface area contributed by atoms with E-state index in [2.05, 4.69) is 29.7 Å². The van der Waals surface area contributed by atoms with Gasteiger partial charge in [-0.05, 0) is 19.1 Å². The van der Waals surface area contributed by atoms with Crippen molar-refractivity contribution >= 4 is 34.6 Å². The lowest BCUT2D eigenvalue weighted by Crippen LogP contribution is -3.05. The largest absolute Gasteiger partial charge is 0.341 e. The van der Waals surface area contributed by atoms with E-state index in [4.69, 9.17) is 0 Å². The van der Waals surface area contributed by atoms with E-state index in [1.165, 1.54) is 23.7 Å². The third-order valence-corrected chi connectivity index (χ3v) is 5.09. The van der Waals surface area contributed by atoms with Gasteiger partial charge in [0.15, 0.2) is 5.16 Å². The van der Waals surface area contributed by atoms with E-state index >= 15 is 0 Å². The monoisotopic (exact) mass is 392 g/mol. The Hall–Kier alpha value is -2.39. The van der Waals surface area contributed by atoms with Crippen LogP contribution in [0.5, 0.6) is 0 Å². The summed E-state index contributed by atoms with van der Waals surface area (Å²) in [5.41, 5.74) is 0.481. The van der Waals surface area contributed by atoms with Gasteiger partial charge in [0.1, 0.15) is 0 Å². The molecule has 3 N–H and O–H groups in total. The molecule has 9 heteroatoms. The summed E-state index contributed by atoms with van der Waals surface area (Å²) in [4.78, 5) is 42.4. The van der Waals surface area contributed by atoms with Gasteiger partial charge in [0.25, 0.3) is 5.56 Å². The van der Waals surface area contributed by atoms with Crippen molar-refractivity contribution in [2.45, 2.75) is 30.3 Å². The highest BCUT2D eigenvalue weighted by Crippen LogP contribution is 2.22. The Labute approximate surface area is 162 Å². The maximum Gasteiger partial charge on any atom is 0.321 e.